The SMILES string of the molecule is CCOC(=O)[C@H](C)P(=O)(c1ccccc1)c1ccccc1. The number of benzene rings is 2. The second-order valence-corrected chi connectivity index (χ2v) is 7.88. The zero-order valence-corrected chi connectivity index (χ0v) is 13.1. The predicted octanol–water partition coefficient (Wildman–Crippen LogP) is 2.95. The van der Waals surface area contributed by atoms with E-state index >= 15 is 0 Å². The van der Waals surface area contributed by atoms with Gasteiger partial charge in [-0.1, -0.05) is 60.7 Å². The minimum atomic E-state index is -3.08. The molecule has 1 atom stereocenters. The molecule has 0 heterocycles. The van der Waals surface area contributed by atoms with Crippen molar-refractivity contribution in [2.75, 3.05) is 6.61 Å². The van der Waals surface area contributed by atoms with Crippen molar-refractivity contribution >= 4 is 23.7 Å². The van der Waals surface area contributed by atoms with Crippen molar-refractivity contribution in [3.63, 3.8) is 0 Å². The molecule has 0 aliphatic heterocycles. The van der Waals surface area contributed by atoms with E-state index in [-0.39, 0.29) is 6.61 Å². The molecule has 0 aliphatic carbocycles. The molecule has 4 heteroatoms. The molecule has 110 valence electrons. The highest BCUT2D eigenvalue weighted by molar-refractivity contribution is 7.80. The topological polar surface area (TPSA) is 43.4 Å². The fraction of sp³-hybridized carbons (Fsp3) is 0.235. The molecule has 0 N–H and O–H groups in total. The molecule has 0 saturated carbocycles. The molecule has 3 nitrogen and oxygen atoms in total. The van der Waals surface area contributed by atoms with Gasteiger partial charge >= 0.3 is 5.97 Å². The van der Waals surface area contributed by atoms with E-state index in [0.29, 0.717) is 10.6 Å². The summed E-state index contributed by atoms with van der Waals surface area (Å²) >= 11 is 0. The Morgan fingerprint density at radius 2 is 1.43 bits per heavy atom. The van der Waals surface area contributed by atoms with Gasteiger partial charge in [-0.3, -0.25) is 4.79 Å². The van der Waals surface area contributed by atoms with Crippen LogP contribution in [0.25, 0.3) is 0 Å². The van der Waals surface area contributed by atoms with Crippen molar-refractivity contribution < 1.29 is 14.1 Å². The molecule has 0 amide bonds. The number of carbonyl (C=O) groups is 1. The Balaban J connectivity index is 2.55. The smallest absolute Gasteiger partial charge is 0.316 e. The molecule has 0 saturated heterocycles. The van der Waals surface area contributed by atoms with Gasteiger partial charge in [0.25, 0.3) is 0 Å². The first kappa shape index (κ1) is 15.5. The van der Waals surface area contributed by atoms with Crippen LogP contribution in [0.4, 0.5) is 0 Å². The van der Waals surface area contributed by atoms with E-state index < -0.39 is 18.8 Å². The lowest BCUT2D eigenvalue weighted by molar-refractivity contribution is -0.142. The van der Waals surface area contributed by atoms with E-state index in [1.165, 1.54) is 0 Å². The first-order chi connectivity index (χ1) is 10.1. The molecule has 0 radical (unpaired) electrons. The zero-order valence-electron chi connectivity index (χ0n) is 12.2. The Kier molecular flexibility index (Phi) is 4.98. The molecule has 0 aliphatic rings. The van der Waals surface area contributed by atoms with Gasteiger partial charge in [0.2, 0.25) is 0 Å². The van der Waals surface area contributed by atoms with Crippen LogP contribution in [0.5, 0.6) is 0 Å². The summed E-state index contributed by atoms with van der Waals surface area (Å²) in [7, 11) is -3.08. The van der Waals surface area contributed by atoms with Crippen molar-refractivity contribution in [1.29, 1.82) is 0 Å². The van der Waals surface area contributed by atoms with Crippen LogP contribution in [0, 0.1) is 0 Å². The third kappa shape index (κ3) is 3.08. The molecule has 0 spiro atoms. The van der Waals surface area contributed by atoms with E-state index in [2.05, 4.69) is 0 Å². The Bertz CT molecular complexity index is 594. The van der Waals surface area contributed by atoms with Crippen LogP contribution in [-0.4, -0.2) is 18.2 Å². The Labute approximate surface area is 125 Å². The molecule has 2 aromatic rings. The van der Waals surface area contributed by atoms with Crippen molar-refractivity contribution in [1.82, 2.24) is 0 Å². The second kappa shape index (κ2) is 6.73. The first-order valence-corrected chi connectivity index (χ1v) is 8.76. The fourth-order valence-electron chi connectivity index (χ4n) is 2.31. The highest BCUT2D eigenvalue weighted by Crippen LogP contribution is 2.48. The van der Waals surface area contributed by atoms with E-state index in [4.69, 9.17) is 4.74 Å². The molecule has 2 rings (SSSR count). The lowest BCUT2D eigenvalue weighted by Crippen LogP contribution is -2.31. The maximum absolute atomic E-state index is 13.7. The Hall–Kier alpha value is -1.86. The van der Waals surface area contributed by atoms with Gasteiger partial charge in [0.1, 0.15) is 5.66 Å². The van der Waals surface area contributed by atoms with E-state index in [1.807, 2.05) is 60.7 Å². The van der Waals surface area contributed by atoms with Gasteiger partial charge < -0.3 is 9.30 Å². The summed E-state index contributed by atoms with van der Waals surface area (Å²) in [5.74, 6) is -0.423. The van der Waals surface area contributed by atoms with Crippen molar-refractivity contribution in [2.45, 2.75) is 19.5 Å². The van der Waals surface area contributed by atoms with Crippen LogP contribution >= 0.6 is 7.14 Å². The minimum Gasteiger partial charge on any atom is -0.465 e. The van der Waals surface area contributed by atoms with Crippen LogP contribution in [0.15, 0.2) is 60.7 Å². The predicted molar refractivity (Wildman–Crippen MR) is 85.9 cm³/mol. The number of esters is 1. The highest BCUT2D eigenvalue weighted by atomic mass is 31.2. The van der Waals surface area contributed by atoms with Crippen molar-refractivity contribution in [3.8, 4) is 0 Å². The molecule has 0 aromatic heterocycles. The normalized spacial score (nSPS) is 12.7. The third-order valence-corrected chi connectivity index (χ3v) is 6.88. The standard InChI is InChI=1S/C17H19O3P/c1-3-20-17(18)14(2)21(19,15-10-6-4-7-11-15)16-12-8-5-9-13-16/h4-14H,3H2,1-2H3/t14-/m0/s1. The summed E-state index contributed by atoms with van der Waals surface area (Å²) in [4.78, 5) is 12.1. The number of hydrogen-bond donors (Lipinski definition) is 0. The lowest BCUT2D eigenvalue weighted by atomic mass is 10.4. The van der Waals surface area contributed by atoms with Gasteiger partial charge in [-0.2, -0.15) is 0 Å². The minimum absolute atomic E-state index is 0.284. The van der Waals surface area contributed by atoms with Gasteiger partial charge in [-0.25, -0.2) is 0 Å². The van der Waals surface area contributed by atoms with Crippen LogP contribution in [0.3, 0.4) is 0 Å². The molecule has 0 fully saturated rings. The van der Waals surface area contributed by atoms with Gasteiger partial charge in [0.05, 0.1) is 6.61 Å². The van der Waals surface area contributed by atoms with Crippen LogP contribution in [0.1, 0.15) is 13.8 Å². The fourth-order valence-corrected chi connectivity index (χ4v) is 5.10. The average Bonchev–Trinajstić information content (AvgIpc) is 2.55. The molecule has 0 bridgehead atoms. The van der Waals surface area contributed by atoms with Crippen LogP contribution in [0.2, 0.25) is 0 Å². The van der Waals surface area contributed by atoms with Crippen LogP contribution < -0.4 is 10.6 Å². The van der Waals surface area contributed by atoms with Gasteiger partial charge in [-0.15, -0.1) is 0 Å². The highest BCUT2D eigenvalue weighted by Gasteiger charge is 2.38. The quantitative estimate of drug-likeness (QED) is 0.630. The zero-order chi connectivity index (χ0) is 15.3. The molecule has 21 heavy (non-hydrogen) atoms. The largest absolute Gasteiger partial charge is 0.465 e. The average molecular weight is 302 g/mol. The molecular weight excluding hydrogens is 283 g/mol. The summed E-state index contributed by atoms with van der Waals surface area (Å²) in [6.45, 7) is 3.71. The first-order valence-electron chi connectivity index (χ1n) is 6.98. The Morgan fingerprint density at radius 3 is 1.81 bits per heavy atom. The number of hydrogen-bond acceptors (Lipinski definition) is 3. The summed E-state index contributed by atoms with van der Waals surface area (Å²) in [5.41, 5.74) is -0.706. The number of rotatable bonds is 5. The molecular formula is C17H19O3P. The summed E-state index contributed by atoms with van der Waals surface area (Å²) in [6, 6.07) is 18.3. The third-order valence-electron chi connectivity index (χ3n) is 3.45. The Morgan fingerprint density at radius 1 is 1.00 bits per heavy atom. The molecule has 0 unspecified atom stereocenters. The van der Waals surface area contributed by atoms with Crippen molar-refractivity contribution in [2.24, 2.45) is 0 Å². The second-order valence-electron chi connectivity index (χ2n) is 4.76. The van der Waals surface area contributed by atoms with E-state index in [0.717, 1.165) is 0 Å². The van der Waals surface area contributed by atoms with Crippen molar-refractivity contribution in [3.05, 3.63) is 60.7 Å². The lowest BCUT2D eigenvalue weighted by Gasteiger charge is -2.24. The van der Waals surface area contributed by atoms with E-state index in [9.17, 15) is 9.36 Å². The molecule has 2 aromatic carbocycles. The summed E-state index contributed by atoms with van der Waals surface area (Å²) in [6.07, 6.45) is 0. The number of carbonyl (C=O) groups excluding carboxylic acids is 1. The number of ether oxygens (including phenoxy) is 1. The van der Waals surface area contributed by atoms with Gasteiger partial charge in [-0.05, 0) is 13.8 Å². The van der Waals surface area contributed by atoms with E-state index in [1.54, 1.807) is 13.8 Å². The summed E-state index contributed by atoms with van der Waals surface area (Å²) < 4.78 is 18.8. The summed E-state index contributed by atoms with van der Waals surface area (Å²) in [5, 5.41) is 1.36. The maximum atomic E-state index is 13.7. The maximum Gasteiger partial charge on any atom is 0.316 e. The monoisotopic (exact) mass is 302 g/mol. The van der Waals surface area contributed by atoms with Gasteiger partial charge in [0.15, 0.2) is 7.14 Å². The van der Waals surface area contributed by atoms with Crippen LogP contribution in [-0.2, 0) is 14.1 Å². The van der Waals surface area contributed by atoms with Gasteiger partial charge in [0, 0.05) is 10.6 Å².